The van der Waals surface area contributed by atoms with Crippen molar-refractivity contribution in [3.8, 4) is 5.88 Å². The van der Waals surface area contributed by atoms with Crippen LogP contribution < -0.4 is 15.5 Å². The van der Waals surface area contributed by atoms with Gasteiger partial charge in [-0.2, -0.15) is 28.4 Å². The molecule has 1 fully saturated rings. The molecule has 1 aromatic heterocycles. The molecule has 0 spiro atoms. The molecule has 0 aliphatic carbocycles. The number of benzene rings is 2. The predicted octanol–water partition coefficient (Wildman–Crippen LogP) is 3.40. The smallest absolute Gasteiger partial charge is 0.416 e. The van der Waals surface area contributed by atoms with Gasteiger partial charge in [0.2, 0.25) is 15.9 Å². The minimum atomic E-state index is -4.63. The van der Waals surface area contributed by atoms with Crippen molar-refractivity contribution in [1.82, 2.24) is 9.29 Å². The minimum absolute atomic E-state index is 0.00586. The summed E-state index contributed by atoms with van der Waals surface area (Å²) in [6.45, 7) is 1.51. The van der Waals surface area contributed by atoms with E-state index in [9.17, 15) is 26.7 Å². The Balaban J connectivity index is 1.60. The first-order valence-electron chi connectivity index (χ1n) is 11.9. The zero-order valence-corrected chi connectivity index (χ0v) is 23.0. The molecule has 14 heteroatoms. The van der Waals surface area contributed by atoms with E-state index in [4.69, 9.17) is 11.6 Å². The summed E-state index contributed by atoms with van der Waals surface area (Å²) in [7, 11) is -3.35. The maximum atomic E-state index is 13.9. The molecule has 39 heavy (non-hydrogen) atoms. The molecule has 0 saturated carbocycles. The molecule has 2 aromatic carbocycles. The lowest BCUT2D eigenvalue weighted by molar-refractivity contribution is -0.138. The van der Waals surface area contributed by atoms with Gasteiger partial charge < -0.3 is 10.0 Å². The van der Waals surface area contributed by atoms with Crippen LogP contribution in [0.25, 0.3) is 5.57 Å². The lowest BCUT2D eigenvalue weighted by atomic mass is 9.96. The van der Waals surface area contributed by atoms with Gasteiger partial charge in [0, 0.05) is 43.2 Å². The van der Waals surface area contributed by atoms with E-state index in [1.165, 1.54) is 16.4 Å². The zero-order valence-electron chi connectivity index (χ0n) is 20.6. The molecule has 5 rings (SSSR count). The summed E-state index contributed by atoms with van der Waals surface area (Å²) in [6.07, 6.45) is -1.50. The first-order chi connectivity index (χ1) is 18.4. The number of rotatable bonds is 5. The Kier molecular flexibility index (Phi) is 7.44. The number of sulfonamides is 1. The Morgan fingerprint density at radius 2 is 1.92 bits per heavy atom. The molecule has 8 nitrogen and oxygen atoms in total. The summed E-state index contributed by atoms with van der Waals surface area (Å²) in [4.78, 5) is 6.54. The molecular formula is C25H23ClF3N5O3S2. The normalized spacial score (nSPS) is 17.1. The second kappa shape index (κ2) is 10.5. The summed E-state index contributed by atoms with van der Waals surface area (Å²) in [5, 5.41) is 20.5. The van der Waals surface area contributed by atoms with Crippen LogP contribution in [0.2, 0.25) is 5.02 Å². The van der Waals surface area contributed by atoms with Crippen molar-refractivity contribution < 1.29 is 26.7 Å². The standard InChI is InChI=1S/C25H23ClF3N5O3S2/c1-39(36,37)34-8-2-7-33(9-10-34)24-31-23(35)22(38-24)19(15-4-6-21-17(11-15)14-30-32-21)12-16-3-5-18(26)13-20(16)25(27,28)29/h3-6,11,13-14,35H,2,7-10,12H2,1H3. The van der Waals surface area contributed by atoms with Crippen molar-refractivity contribution in [2.24, 2.45) is 10.2 Å². The van der Waals surface area contributed by atoms with E-state index in [1.807, 2.05) is 4.90 Å². The fourth-order valence-electron chi connectivity index (χ4n) is 4.61. The third-order valence-corrected chi connectivity index (χ3v) is 9.25. The van der Waals surface area contributed by atoms with Gasteiger partial charge in [0.05, 0.1) is 28.3 Å². The number of thiazole rings is 1. The molecule has 3 aromatic rings. The summed E-state index contributed by atoms with van der Waals surface area (Å²) >= 11 is 7.05. The Labute approximate surface area is 231 Å². The van der Waals surface area contributed by atoms with Crippen LogP contribution in [0.3, 0.4) is 0 Å². The van der Waals surface area contributed by atoms with Crippen LogP contribution in [0.5, 0.6) is 5.88 Å². The molecule has 0 bridgehead atoms. The number of aromatic nitrogens is 1. The largest absolute Gasteiger partial charge is 0.492 e. The van der Waals surface area contributed by atoms with Gasteiger partial charge in [0.1, 0.15) is 0 Å². The van der Waals surface area contributed by atoms with E-state index in [0.717, 1.165) is 23.7 Å². The Bertz CT molecular complexity index is 1690. The SMILES string of the molecule is CS(=O)(=O)N1CCCN(c2nc(O)c(C(Cc3ccc(Cl)cc3C(F)(F)F)=c3ccc4c(c3)C=NN=4)s2)CC1. The lowest BCUT2D eigenvalue weighted by Crippen LogP contribution is -2.34. The Hall–Kier alpha value is -3.00. The van der Waals surface area contributed by atoms with Crippen LogP contribution in [0, 0.1) is 0 Å². The van der Waals surface area contributed by atoms with E-state index >= 15 is 0 Å². The van der Waals surface area contributed by atoms with Crippen LogP contribution >= 0.6 is 22.9 Å². The molecule has 3 heterocycles. The highest BCUT2D eigenvalue weighted by Gasteiger charge is 2.34. The number of hydrogen-bond donors (Lipinski definition) is 1. The van der Waals surface area contributed by atoms with Crippen molar-refractivity contribution in [3.05, 3.63) is 73.6 Å². The third-order valence-electron chi connectivity index (χ3n) is 6.55. The highest BCUT2D eigenvalue weighted by molar-refractivity contribution is 7.88. The maximum absolute atomic E-state index is 13.9. The van der Waals surface area contributed by atoms with Crippen molar-refractivity contribution in [3.63, 3.8) is 0 Å². The van der Waals surface area contributed by atoms with E-state index in [1.54, 1.807) is 24.4 Å². The fraction of sp³-hybridized carbons (Fsp3) is 0.320. The summed E-state index contributed by atoms with van der Waals surface area (Å²) in [5.74, 6) is -0.310. The van der Waals surface area contributed by atoms with Gasteiger partial charge in [-0.05, 0) is 47.0 Å². The monoisotopic (exact) mass is 597 g/mol. The number of hydrogen-bond acceptors (Lipinski definition) is 8. The van der Waals surface area contributed by atoms with Crippen molar-refractivity contribution in [1.29, 1.82) is 0 Å². The van der Waals surface area contributed by atoms with Gasteiger partial charge in [0.25, 0.3) is 0 Å². The highest BCUT2D eigenvalue weighted by Crippen LogP contribution is 2.39. The van der Waals surface area contributed by atoms with Crippen LogP contribution in [0.15, 0.2) is 46.6 Å². The number of alkyl halides is 3. The summed E-state index contributed by atoms with van der Waals surface area (Å²) < 4.78 is 67.2. The van der Waals surface area contributed by atoms with Gasteiger partial charge >= 0.3 is 6.18 Å². The van der Waals surface area contributed by atoms with Gasteiger partial charge in [-0.15, -0.1) is 0 Å². The van der Waals surface area contributed by atoms with Gasteiger partial charge in [0.15, 0.2) is 5.13 Å². The van der Waals surface area contributed by atoms with Crippen LogP contribution in [0.4, 0.5) is 18.3 Å². The first-order valence-corrected chi connectivity index (χ1v) is 14.9. The van der Waals surface area contributed by atoms with E-state index in [2.05, 4.69) is 15.2 Å². The number of halogens is 4. The molecule has 1 saturated heterocycles. The van der Waals surface area contributed by atoms with Crippen LogP contribution in [-0.2, 0) is 22.6 Å². The predicted molar refractivity (Wildman–Crippen MR) is 145 cm³/mol. The molecule has 2 aliphatic heterocycles. The minimum Gasteiger partial charge on any atom is -0.492 e. The molecule has 0 unspecified atom stereocenters. The Morgan fingerprint density at radius 1 is 1.13 bits per heavy atom. The third kappa shape index (κ3) is 5.96. The lowest BCUT2D eigenvalue weighted by Gasteiger charge is -2.19. The van der Waals surface area contributed by atoms with Crippen molar-refractivity contribution >= 4 is 49.9 Å². The molecular weight excluding hydrogens is 575 g/mol. The number of anilines is 1. The fourth-order valence-corrected chi connectivity index (χ4v) is 6.73. The van der Waals surface area contributed by atoms with Crippen LogP contribution in [0.1, 0.15) is 28.0 Å². The van der Waals surface area contributed by atoms with E-state index in [0.29, 0.717) is 57.8 Å². The van der Waals surface area contributed by atoms with Gasteiger partial charge in [-0.1, -0.05) is 35.1 Å². The number of aromatic hydroxyl groups is 1. The van der Waals surface area contributed by atoms with Gasteiger partial charge in [-0.25, -0.2) is 12.7 Å². The van der Waals surface area contributed by atoms with E-state index in [-0.39, 0.29) is 29.4 Å². The molecule has 1 N–H and O–H groups in total. The zero-order chi connectivity index (χ0) is 27.9. The van der Waals surface area contributed by atoms with Crippen molar-refractivity contribution in [2.75, 3.05) is 37.3 Å². The number of nitrogens with zero attached hydrogens (tertiary/aromatic N) is 5. The molecule has 2 aliphatic rings. The topological polar surface area (TPSA) is 98.5 Å². The average Bonchev–Trinajstić information content (AvgIpc) is 3.39. The molecule has 0 atom stereocenters. The first kappa shape index (κ1) is 27.6. The summed E-state index contributed by atoms with van der Waals surface area (Å²) in [6, 6.07) is 8.85. The quantitative estimate of drug-likeness (QED) is 0.486. The highest BCUT2D eigenvalue weighted by atomic mass is 35.5. The van der Waals surface area contributed by atoms with Crippen LogP contribution in [-0.4, -0.2) is 61.5 Å². The molecule has 0 radical (unpaired) electrons. The van der Waals surface area contributed by atoms with Crippen molar-refractivity contribution in [2.45, 2.75) is 19.0 Å². The second-order valence-corrected chi connectivity index (χ2v) is 12.6. The van der Waals surface area contributed by atoms with E-state index < -0.39 is 21.8 Å². The summed E-state index contributed by atoms with van der Waals surface area (Å²) in [5.41, 5.74) is 0.283. The second-order valence-electron chi connectivity index (χ2n) is 9.22. The maximum Gasteiger partial charge on any atom is 0.416 e. The average molecular weight is 598 g/mol. The molecule has 206 valence electrons. The van der Waals surface area contributed by atoms with Gasteiger partial charge in [-0.3, -0.25) is 0 Å². The molecule has 0 amide bonds. The Morgan fingerprint density at radius 3 is 2.67 bits per heavy atom. The number of fused-ring (bicyclic) bond motifs is 1.